The van der Waals surface area contributed by atoms with Crippen LogP contribution >= 0.6 is 0 Å². The van der Waals surface area contributed by atoms with Gasteiger partial charge in [0.1, 0.15) is 12.1 Å². The fourth-order valence-electron chi connectivity index (χ4n) is 1.60. The topological polar surface area (TPSA) is 118 Å². The van der Waals surface area contributed by atoms with E-state index in [2.05, 4.69) is 19.9 Å². The van der Waals surface area contributed by atoms with Crippen LogP contribution in [0.5, 0.6) is 11.8 Å². The third kappa shape index (κ3) is 3.18. The summed E-state index contributed by atoms with van der Waals surface area (Å²) in [5.74, 6) is 0.427. The molecule has 22 heavy (non-hydrogen) atoms. The Labute approximate surface area is 127 Å². The second-order valence-corrected chi connectivity index (χ2v) is 4.32. The van der Waals surface area contributed by atoms with Crippen molar-refractivity contribution in [3.8, 4) is 23.9 Å². The Morgan fingerprint density at radius 2 is 1.18 bits per heavy atom. The van der Waals surface area contributed by atoms with Gasteiger partial charge in [0.25, 0.3) is 11.8 Å². The molecule has 2 rings (SSSR count). The first-order valence-electron chi connectivity index (χ1n) is 6.89. The van der Waals surface area contributed by atoms with E-state index in [0.29, 0.717) is 13.2 Å². The number of nitriles is 2. The van der Waals surface area contributed by atoms with E-state index >= 15 is 0 Å². The minimum atomic E-state index is -0.0898. The van der Waals surface area contributed by atoms with E-state index < -0.39 is 0 Å². The van der Waals surface area contributed by atoms with Gasteiger partial charge in [0.15, 0.2) is 11.4 Å². The van der Waals surface area contributed by atoms with Gasteiger partial charge in [0, 0.05) is 0 Å². The molecule has 8 nitrogen and oxygen atoms in total. The van der Waals surface area contributed by atoms with E-state index in [0.717, 1.165) is 12.8 Å². The van der Waals surface area contributed by atoms with E-state index in [1.54, 1.807) is 0 Å². The molecule has 2 heterocycles. The molecule has 0 radical (unpaired) electrons. The Hall–Kier alpha value is -3.00. The Morgan fingerprint density at radius 1 is 0.773 bits per heavy atom. The first-order valence-corrected chi connectivity index (χ1v) is 6.89. The predicted octanol–water partition coefficient (Wildman–Crippen LogP) is 1.74. The van der Waals surface area contributed by atoms with E-state index in [4.69, 9.17) is 20.0 Å². The molecule has 0 N–H and O–H groups in total. The molecule has 0 amide bonds. The summed E-state index contributed by atoms with van der Waals surface area (Å²) in [5, 5.41) is 18.0. The predicted molar refractivity (Wildman–Crippen MR) is 76.1 cm³/mol. The molecule has 0 aromatic carbocycles. The van der Waals surface area contributed by atoms with Crippen molar-refractivity contribution >= 4 is 11.3 Å². The van der Waals surface area contributed by atoms with Gasteiger partial charge < -0.3 is 9.47 Å². The average Bonchev–Trinajstić information content (AvgIpc) is 2.56. The molecule has 0 aliphatic carbocycles. The number of hydrogen-bond donors (Lipinski definition) is 0. The molecular weight excluding hydrogens is 284 g/mol. The van der Waals surface area contributed by atoms with Gasteiger partial charge in [0.05, 0.1) is 13.2 Å². The highest BCUT2D eigenvalue weighted by Crippen LogP contribution is 2.25. The van der Waals surface area contributed by atoms with Crippen molar-refractivity contribution in [1.82, 2.24) is 19.9 Å². The fraction of sp³-hybridized carbons (Fsp3) is 0.429. The summed E-state index contributed by atoms with van der Waals surface area (Å²) in [6.45, 7) is 4.84. The van der Waals surface area contributed by atoms with Crippen LogP contribution in [0.4, 0.5) is 0 Å². The number of ether oxygens (including phenoxy) is 2. The van der Waals surface area contributed by atoms with Gasteiger partial charge in [-0.2, -0.15) is 20.5 Å². The zero-order valence-corrected chi connectivity index (χ0v) is 12.3. The number of hydrogen-bond acceptors (Lipinski definition) is 8. The normalized spacial score (nSPS) is 10.0. The summed E-state index contributed by atoms with van der Waals surface area (Å²) in [6, 6.07) is 3.63. The number of rotatable bonds is 6. The summed E-state index contributed by atoms with van der Waals surface area (Å²) in [6.07, 6.45) is 1.60. The van der Waals surface area contributed by atoms with Gasteiger partial charge in [-0.15, -0.1) is 0 Å². The minimum absolute atomic E-state index is 0.0898. The highest BCUT2D eigenvalue weighted by atomic mass is 16.5. The van der Waals surface area contributed by atoms with Crippen LogP contribution in [0.15, 0.2) is 0 Å². The molecule has 2 aromatic rings. The van der Waals surface area contributed by atoms with E-state index in [-0.39, 0.29) is 34.4 Å². The largest absolute Gasteiger partial charge is 0.474 e. The molecule has 0 fully saturated rings. The summed E-state index contributed by atoms with van der Waals surface area (Å²) in [5.41, 5.74) is 0.108. The summed E-state index contributed by atoms with van der Waals surface area (Å²) < 4.78 is 11.0. The molecule has 0 aliphatic heterocycles. The molecule has 0 aliphatic rings. The van der Waals surface area contributed by atoms with Gasteiger partial charge >= 0.3 is 0 Å². The van der Waals surface area contributed by atoms with Crippen LogP contribution < -0.4 is 9.47 Å². The quantitative estimate of drug-likeness (QED) is 0.791. The lowest BCUT2D eigenvalue weighted by Crippen LogP contribution is -2.07. The minimum Gasteiger partial charge on any atom is -0.474 e. The SMILES string of the molecule is CCCOc1nc2nc(C#N)c(C#N)nc2nc1OCCC. The molecule has 0 saturated carbocycles. The first kappa shape index (κ1) is 15.4. The molecule has 0 atom stereocenters. The van der Waals surface area contributed by atoms with Gasteiger partial charge in [-0.3, -0.25) is 0 Å². The molecule has 8 heteroatoms. The molecule has 2 aromatic heterocycles. The zero-order chi connectivity index (χ0) is 15.9. The van der Waals surface area contributed by atoms with E-state index in [9.17, 15) is 0 Å². The second-order valence-electron chi connectivity index (χ2n) is 4.32. The molecule has 0 bridgehead atoms. The van der Waals surface area contributed by atoms with Gasteiger partial charge in [-0.05, 0) is 12.8 Å². The lowest BCUT2D eigenvalue weighted by Gasteiger charge is -2.10. The van der Waals surface area contributed by atoms with Crippen molar-refractivity contribution < 1.29 is 9.47 Å². The van der Waals surface area contributed by atoms with Crippen molar-refractivity contribution in [2.24, 2.45) is 0 Å². The third-order valence-electron chi connectivity index (χ3n) is 2.56. The standard InChI is InChI=1S/C14H14N6O2/c1-3-5-21-13-14(22-6-4-2)20-12-11(19-13)17-9(7-15)10(8-16)18-12/h3-6H2,1-2H3. The number of nitrogens with zero attached hydrogens (tertiary/aromatic N) is 6. The monoisotopic (exact) mass is 298 g/mol. The molecule has 0 spiro atoms. The second kappa shape index (κ2) is 7.14. The smallest absolute Gasteiger partial charge is 0.280 e. The fourth-order valence-corrected chi connectivity index (χ4v) is 1.60. The summed E-state index contributed by atoms with van der Waals surface area (Å²) in [7, 11) is 0. The highest BCUT2D eigenvalue weighted by molar-refractivity contribution is 5.68. The van der Waals surface area contributed by atoms with Crippen LogP contribution in [-0.2, 0) is 0 Å². The maximum Gasteiger partial charge on any atom is 0.280 e. The molecular formula is C14H14N6O2. The zero-order valence-electron chi connectivity index (χ0n) is 12.3. The van der Waals surface area contributed by atoms with Crippen molar-refractivity contribution in [1.29, 1.82) is 10.5 Å². The summed E-state index contributed by atoms with van der Waals surface area (Å²) >= 11 is 0. The highest BCUT2D eigenvalue weighted by Gasteiger charge is 2.16. The lowest BCUT2D eigenvalue weighted by atomic mass is 10.3. The van der Waals surface area contributed by atoms with Crippen LogP contribution in [0.2, 0.25) is 0 Å². The molecule has 112 valence electrons. The van der Waals surface area contributed by atoms with Crippen LogP contribution in [0.3, 0.4) is 0 Å². The maximum atomic E-state index is 8.98. The lowest BCUT2D eigenvalue weighted by molar-refractivity contribution is 0.252. The van der Waals surface area contributed by atoms with E-state index in [1.165, 1.54) is 0 Å². The van der Waals surface area contributed by atoms with Crippen molar-refractivity contribution in [3.05, 3.63) is 11.4 Å². The van der Waals surface area contributed by atoms with Gasteiger partial charge in [-0.25, -0.2) is 9.97 Å². The van der Waals surface area contributed by atoms with Crippen LogP contribution in [0, 0.1) is 22.7 Å². The Kier molecular flexibility index (Phi) is 4.99. The van der Waals surface area contributed by atoms with Crippen LogP contribution in [0.25, 0.3) is 11.3 Å². The number of aromatic nitrogens is 4. The Balaban J connectivity index is 2.56. The van der Waals surface area contributed by atoms with Crippen molar-refractivity contribution in [3.63, 3.8) is 0 Å². The average molecular weight is 298 g/mol. The Morgan fingerprint density at radius 3 is 1.50 bits per heavy atom. The maximum absolute atomic E-state index is 8.98. The van der Waals surface area contributed by atoms with Crippen LogP contribution in [0.1, 0.15) is 38.1 Å². The van der Waals surface area contributed by atoms with Crippen molar-refractivity contribution in [2.45, 2.75) is 26.7 Å². The molecule has 0 saturated heterocycles. The van der Waals surface area contributed by atoms with Gasteiger partial charge in [-0.1, -0.05) is 13.8 Å². The Bertz CT molecular complexity index is 698. The van der Waals surface area contributed by atoms with Gasteiger partial charge in [0.2, 0.25) is 11.3 Å². The third-order valence-corrected chi connectivity index (χ3v) is 2.56. The number of fused-ring (bicyclic) bond motifs is 1. The van der Waals surface area contributed by atoms with E-state index in [1.807, 2.05) is 26.0 Å². The summed E-state index contributed by atoms with van der Waals surface area (Å²) in [4.78, 5) is 16.4. The van der Waals surface area contributed by atoms with Crippen molar-refractivity contribution in [2.75, 3.05) is 13.2 Å². The first-order chi connectivity index (χ1) is 10.7. The molecule has 0 unspecified atom stereocenters. The van der Waals surface area contributed by atoms with Crippen LogP contribution in [-0.4, -0.2) is 33.1 Å².